The van der Waals surface area contributed by atoms with Crippen molar-refractivity contribution in [3.05, 3.63) is 59.7 Å². The fraction of sp³-hybridized carbons (Fsp3) is 0.500. The number of nitrogens with one attached hydrogen (secondary N) is 2. The minimum absolute atomic E-state index is 0. The Labute approximate surface area is 193 Å². The zero-order chi connectivity index (χ0) is 19.6. The molecule has 4 nitrogen and oxygen atoms in total. The van der Waals surface area contributed by atoms with Gasteiger partial charge in [0.25, 0.3) is 0 Å². The molecule has 6 heteroatoms. The monoisotopic (exact) mass is 454 g/mol. The second-order valence-electron chi connectivity index (χ2n) is 7.86. The number of ether oxygens (including phenoxy) is 2. The highest BCUT2D eigenvalue weighted by molar-refractivity contribution is 5.85. The van der Waals surface area contributed by atoms with Crippen molar-refractivity contribution in [2.24, 2.45) is 11.8 Å². The van der Waals surface area contributed by atoms with E-state index < -0.39 is 0 Å². The molecule has 2 atom stereocenters. The summed E-state index contributed by atoms with van der Waals surface area (Å²) < 4.78 is 10.4. The summed E-state index contributed by atoms with van der Waals surface area (Å²) in [4.78, 5) is 0. The van der Waals surface area contributed by atoms with Gasteiger partial charge in [-0.15, -0.1) is 24.8 Å². The second kappa shape index (κ2) is 14.5. The number of hydrogen-bond donors (Lipinski definition) is 2. The van der Waals surface area contributed by atoms with E-state index in [1.807, 2.05) is 24.3 Å². The van der Waals surface area contributed by atoms with Gasteiger partial charge in [0, 0.05) is 13.1 Å². The number of benzene rings is 2. The molecule has 168 valence electrons. The van der Waals surface area contributed by atoms with Crippen molar-refractivity contribution in [2.45, 2.75) is 38.8 Å². The van der Waals surface area contributed by atoms with E-state index in [1.54, 1.807) is 14.2 Å². The van der Waals surface area contributed by atoms with Crippen LogP contribution in [0, 0.1) is 11.8 Å². The molecule has 2 aromatic rings. The lowest BCUT2D eigenvalue weighted by atomic mass is 9.81. The van der Waals surface area contributed by atoms with Gasteiger partial charge in [0.2, 0.25) is 0 Å². The second-order valence-corrected chi connectivity index (χ2v) is 7.86. The standard InChI is InChI=1S/C24H34N2O2.2ClH/c1-27-23-10-6-19(7-11-23)15-25-17-21-4-3-5-22(14-21)18-26-16-20-8-12-24(28-2)13-9-20;;/h6-13,21-22,25-26H,3-5,14-18H2,1-2H3;2*1H. The van der Waals surface area contributed by atoms with Crippen LogP contribution in [0.3, 0.4) is 0 Å². The lowest BCUT2D eigenvalue weighted by molar-refractivity contribution is 0.252. The maximum Gasteiger partial charge on any atom is 0.118 e. The Balaban J connectivity index is 0.00000225. The molecular formula is C24H36Cl2N2O2. The molecule has 1 aliphatic carbocycles. The minimum atomic E-state index is 0. The van der Waals surface area contributed by atoms with Gasteiger partial charge in [0.1, 0.15) is 11.5 Å². The summed E-state index contributed by atoms with van der Waals surface area (Å²) >= 11 is 0. The largest absolute Gasteiger partial charge is 0.497 e. The molecule has 0 amide bonds. The zero-order valence-corrected chi connectivity index (χ0v) is 19.7. The highest BCUT2D eigenvalue weighted by Crippen LogP contribution is 2.28. The average molecular weight is 455 g/mol. The summed E-state index contributed by atoms with van der Waals surface area (Å²) in [6.45, 7) is 4.09. The van der Waals surface area contributed by atoms with Gasteiger partial charge >= 0.3 is 0 Å². The van der Waals surface area contributed by atoms with Crippen LogP contribution < -0.4 is 20.1 Å². The van der Waals surface area contributed by atoms with E-state index in [0.29, 0.717) is 0 Å². The van der Waals surface area contributed by atoms with E-state index in [-0.39, 0.29) is 24.8 Å². The Morgan fingerprint density at radius 2 is 1.10 bits per heavy atom. The van der Waals surface area contributed by atoms with E-state index in [1.165, 1.54) is 36.8 Å². The van der Waals surface area contributed by atoms with Gasteiger partial charge in [-0.25, -0.2) is 0 Å². The molecule has 2 unspecified atom stereocenters. The van der Waals surface area contributed by atoms with Crippen LogP contribution in [0.4, 0.5) is 0 Å². The van der Waals surface area contributed by atoms with E-state index >= 15 is 0 Å². The minimum Gasteiger partial charge on any atom is -0.497 e. The van der Waals surface area contributed by atoms with Crippen molar-refractivity contribution in [1.29, 1.82) is 0 Å². The van der Waals surface area contributed by atoms with Gasteiger partial charge in [-0.05, 0) is 79.6 Å². The predicted octanol–water partition coefficient (Wildman–Crippen LogP) is 5.23. The van der Waals surface area contributed by atoms with Crippen molar-refractivity contribution >= 4 is 24.8 Å². The fourth-order valence-electron chi connectivity index (χ4n) is 4.10. The number of hydrogen-bond acceptors (Lipinski definition) is 4. The van der Waals surface area contributed by atoms with E-state index in [4.69, 9.17) is 9.47 Å². The molecular weight excluding hydrogens is 419 g/mol. The first-order valence-electron chi connectivity index (χ1n) is 10.4. The maximum atomic E-state index is 5.22. The first kappa shape index (κ1) is 26.6. The highest BCUT2D eigenvalue weighted by Gasteiger charge is 2.21. The molecule has 0 heterocycles. The summed E-state index contributed by atoms with van der Waals surface area (Å²) in [5.41, 5.74) is 2.63. The molecule has 1 fully saturated rings. The van der Waals surface area contributed by atoms with Gasteiger partial charge in [-0.3, -0.25) is 0 Å². The predicted molar refractivity (Wildman–Crippen MR) is 129 cm³/mol. The van der Waals surface area contributed by atoms with E-state index in [2.05, 4.69) is 34.9 Å². The Kier molecular flexibility index (Phi) is 12.9. The Morgan fingerprint density at radius 1 is 0.700 bits per heavy atom. The average Bonchev–Trinajstić information content (AvgIpc) is 2.75. The van der Waals surface area contributed by atoms with Crippen molar-refractivity contribution in [3.63, 3.8) is 0 Å². The van der Waals surface area contributed by atoms with Gasteiger partial charge < -0.3 is 20.1 Å². The SMILES string of the molecule is COc1ccc(CNCC2CCCC(CNCc3ccc(OC)cc3)C2)cc1.Cl.Cl. The molecule has 2 N–H and O–H groups in total. The van der Waals surface area contributed by atoms with Crippen molar-refractivity contribution in [3.8, 4) is 11.5 Å². The highest BCUT2D eigenvalue weighted by atomic mass is 35.5. The Hall–Kier alpha value is -1.46. The normalized spacial score (nSPS) is 18.1. The Bertz CT molecular complexity index is 636. The topological polar surface area (TPSA) is 42.5 Å². The molecule has 30 heavy (non-hydrogen) atoms. The molecule has 2 aromatic carbocycles. The maximum absolute atomic E-state index is 5.22. The molecule has 0 saturated heterocycles. The van der Waals surface area contributed by atoms with Gasteiger partial charge in [-0.1, -0.05) is 30.7 Å². The van der Waals surface area contributed by atoms with Crippen molar-refractivity contribution < 1.29 is 9.47 Å². The summed E-state index contributed by atoms with van der Waals surface area (Å²) in [6.07, 6.45) is 5.38. The van der Waals surface area contributed by atoms with Crippen LogP contribution in [0.2, 0.25) is 0 Å². The third kappa shape index (κ3) is 8.73. The summed E-state index contributed by atoms with van der Waals surface area (Å²) in [6, 6.07) is 16.7. The molecule has 3 rings (SSSR count). The summed E-state index contributed by atoms with van der Waals surface area (Å²) in [5, 5.41) is 7.30. The van der Waals surface area contributed by atoms with Crippen LogP contribution in [-0.2, 0) is 13.1 Å². The quantitative estimate of drug-likeness (QED) is 0.515. The molecule has 0 bridgehead atoms. The van der Waals surface area contributed by atoms with Crippen LogP contribution in [-0.4, -0.2) is 27.3 Å². The molecule has 1 aliphatic rings. The third-order valence-electron chi connectivity index (χ3n) is 5.73. The fourth-order valence-corrected chi connectivity index (χ4v) is 4.10. The number of halogens is 2. The molecule has 0 aromatic heterocycles. The van der Waals surface area contributed by atoms with Gasteiger partial charge in [0.15, 0.2) is 0 Å². The zero-order valence-electron chi connectivity index (χ0n) is 18.1. The van der Waals surface area contributed by atoms with E-state index in [0.717, 1.165) is 49.5 Å². The van der Waals surface area contributed by atoms with Crippen LogP contribution in [0.1, 0.15) is 36.8 Å². The van der Waals surface area contributed by atoms with Crippen LogP contribution in [0.25, 0.3) is 0 Å². The van der Waals surface area contributed by atoms with Crippen LogP contribution >= 0.6 is 24.8 Å². The lowest BCUT2D eigenvalue weighted by Gasteiger charge is -2.29. The van der Waals surface area contributed by atoms with Crippen LogP contribution in [0.15, 0.2) is 48.5 Å². The first-order valence-corrected chi connectivity index (χ1v) is 10.4. The first-order chi connectivity index (χ1) is 13.8. The summed E-state index contributed by atoms with van der Waals surface area (Å²) in [7, 11) is 3.41. The van der Waals surface area contributed by atoms with Gasteiger partial charge in [-0.2, -0.15) is 0 Å². The summed E-state index contributed by atoms with van der Waals surface area (Å²) in [5.74, 6) is 3.42. The number of rotatable bonds is 10. The molecule has 0 aliphatic heterocycles. The molecule has 1 saturated carbocycles. The van der Waals surface area contributed by atoms with Crippen LogP contribution in [0.5, 0.6) is 11.5 Å². The number of methoxy groups -OCH3 is 2. The molecule has 0 spiro atoms. The smallest absolute Gasteiger partial charge is 0.118 e. The van der Waals surface area contributed by atoms with E-state index in [9.17, 15) is 0 Å². The Morgan fingerprint density at radius 3 is 1.47 bits per heavy atom. The lowest BCUT2D eigenvalue weighted by Crippen LogP contribution is -2.31. The third-order valence-corrected chi connectivity index (χ3v) is 5.73. The van der Waals surface area contributed by atoms with Crippen molar-refractivity contribution in [1.82, 2.24) is 10.6 Å². The van der Waals surface area contributed by atoms with Crippen molar-refractivity contribution in [2.75, 3.05) is 27.3 Å². The van der Waals surface area contributed by atoms with Gasteiger partial charge in [0.05, 0.1) is 14.2 Å². The molecule has 0 radical (unpaired) electrons.